The number of imidazole rings is 1. The maximum absolute atomic E-state index is 12.5. The lowest BCUT2D eigenvalue weighted by atomic mass is 10.1. The molecule has 0 saturated heterocycles. The van der Waals surface area contributed by atoms with Crippen LogP contribution in [0.5, 0.6) is 0 Å². The number of amides is 1. The number of carbonyl (C=O) groups excluding carboxylic acids is 1. The maximum atomic E-state index is 12.5. The van der Waals surface area contributed by atoms with Crippen LogP contribution in [0, 0.1) is 6.92 Å². The van der Waals surface area contributed by atoms with Gasteiger partial charge >= 0.3 is 0 Å². The molecule has 0 saturated carbocycles. The van der Waals surface area contributed by atoms with Gasteiger partial charge in [0.1, 0.15) is 11.3 Å². The van der Waals surface area contributed by atoms with Gasteiger partial charge < -0.3 is 15.2 Å². The number of likely N-dealkylation sites (N-methyl/N-ethyl adjacent to an activating group) is 1. The smallest absolute Gasteiger partial charge is 0.253 e. The zero-order chi connectivity index (χ0) is 17.1. The van der Waals surface area contributed by atoms with E-state index in [-0.39, 0.29) is 18.3 Å². The molecule has 3 aromatic rings. The Bertz CT molecular complexity index is 873. The van der Waals surface area contributed by atoms with Crippen LogP contribution in [-0.2, 0) is 0 Å². The van der Waals surface area contributed by atoms with Gasteiger partial charge in [-0.15, -0.1) is 12.4 Å². The number of H-pyrrole nitrogens is 1. The summed E-state index contributed by atoms with van der Waals surface area (Å²) in [6, 6.07) is 13.7. The number of rotatable bonds is 5. The summed E-state index contributed by atoms with van der Waals surface area (Å²) in [5.74, 6) is 0.696. The molecule has 132 valence electrons. The number of para-hydroxylation sites is 1. The van der Waals surface area contributed by atoms with E-state index in [1.165, 1.54) is 0 Å². The zero-order valence-corrected chi connectivity index (χ0v) is 15.5. The number of benzene rings is 2. The molecular formula is C19H23ClN4O. The molecule has 1 aromatic heterocycles. The Hall–Kier alpha value is -2.37. The minimum absolute atomic E-state index is 0. The van der Waals surface area contributed by atoms with Gasteiger partial charge in [-0.05, 0) is 38.7 Å². The van der Waals surface area contributed by atoms with Gasteiger partial charge in [0.05, 0.1) is 11.1 Å². The van der Waals surface area contributed by atoms with Crippen molar-refractivity contribution in [2.45, 2.75) is 6.92 Å². The first kappa shape index (κ1) is 19.0. The molecule has 2 aromatic carbocycles. The van der Waals surface area contributed by atoms with Gasteiger partial charge in [0.25, 0.3) is 5.91 Å². The average Bonchev–Trinajstić information content (AvgIpc) is 2.98. The van der Waals surface area contributed by atoms with Gasteiger partial charge in [0, 0.05) is 18.7 Å². The number of halogens is 1. The van der Waals surface area contributed by atoms with E-state index in [1.54, 1.807) is 0 Å². The Labute approximate surface area is 153 Å². The molecule has 6 heteroatoms. The molecule has 0 unspecified atom stereocenters. The van der Waals surface area contributed by atoms with Crippen molar-refractivity contribution in [3.63, 3.8) is 0 Å². The lowest BCUT2D eigenvalue weighted by Crippen LogP contribution is -2.31. The lowest BCUT2D eigenvalue weighted by Gasteiger charge is -2.10. The van der Waals surface area contributed by atoms with Gasteiger partial charge in [-0.1, -0.05) is 30.3 Å². The molecule has 0 aliphatic carbocycles. The molecule has 1 amide bonds. The van der Waals surface area contributed by atoms with Crippen LogP contribution in [0.15, 0.2) is 42.5 Å². The van der Waals surface area contributed by atoms with Crippen LogP contribution < -0.4 is 5.32 Å². The lowest BCUT2D eigenvalue weighted by molar-refractivity contribution is 0.0952. The van der Waals surface area contributed by atoms with E-state index >= 15 is 0 Å². The van der Waals surface area contributed by atoms with E-state index in [0.717, 1.165) is 29.0 Å². The van der Waals surface area contributed by atoms with Crippen molar-refractivity contribution in [3.05, 3.63) is 53.6 Å². The summed E-state index contributed by atoms with van der Waals surface area (Å²) in [6.07, 6.45) is 0. The van der Waals surface area contributed by atoms with Crippen molar-refractivity contribution in [1.29, 1.82) is 0 Å². The van der Waals surface area contributed by atoms with Crippen LogP contribution in [0.1, 0.15) is 15.9 Å². The highest BCUT2D eigenvalue weighted by Crippen LogP contribution is 2.25. The third kappa shape index (κ3) is 4.18. The second-order valence-corrected chi connectivity index (χ2v) is 6.16. The largest absolute Gasteiger partial charge is 0.351 e. The molecule has 0 atom stereocenters. The van der Waals surface area contributed by atoms with E-state index in [2.05, 4.69) is 28.3 Å². The Balaban J connectivity index is 0.00000225. The fourth-order valence-corrected chi connectivity index (χ4v) is 2.67. The second-order valence-electron chi connectivity index (χ2n) is 6.16. The van der Waals surface area contributed by atoms with Gasteiger partial charge in [0.15, 0.2) is 0 Å². The Morgan fingerprint density at radius 3 is 2.64 bits per heavy atom. The summed E-state index contributed by atoms with van der Waals surface area (Å²) in [7, 11) is 3.96. The maximum Gasteiger partial charge on any atom is 0.253 e. The van der Waals surface area contributed by atoms with Gasteiger partial charge in [-0.3, -0.25) is 4.79 Å². The summed E-state index contributed by atoms with van der Waals surface area (Å²) in [6.45, 7) is 3.46. The fraction of sp³-hybridized carbons (Fsp3) is 0.263. The van der Waals surface area contributed by atoms with Gasteiger partial charge in [0.2, 0.25) is 0 Å². The number of aryl methyl sites for hydroxylation is 1. The summed E-state index contributed by atoms with van der Waals surface area (Å²) in [5.41, 5.74) is 4.37. The molecule has 0 aliphatic rings. The van der Waals surface area contributed by atoms with Gasteiger partial charge in [-0.25, -0.2) is 4.98 Å². The van der Waals surface area contributed by atoms with Crippen LogP contribution in [-0.4, -0.2) is 48.0 Å². The third-order valence-corrected chi connectivity index (χ3v) is 4.00. The first-order chi connectivity index (χ1) is 11.6. The van der Waals surface area contributed by atoms with Crippen LogP contribution in [0.25, 0.3) is 22.4 Å². The Morgan fingerprint density at radius 2 is 1.92 bits per heavy atom. The van der Waals surface area contributed by atoms with Crippen molar-refractivity contribution in [3.8, 4) is 11.4 Å². The normalized spacial score (nSPS) is 10.7. The predicted octanol–water partition coefficient (Wildman–Crippen LogP) is 3.25. The molecule has 0 radical (unpaired) electrons. The Morgan fingerprint density at radius 1 is 1.16 bits per heavy atom. The summed E-state index contributed by atoms with van der Waals surface area (Å²) >= 11 is 0. The summed E-state index contributed by atoms with van der Waals surface area (Å²) < 4.78 is 0. The van der Waals surface area contributed by atoms with E-state index in [4.69, 9.17) is 0 Å². The molecule has 25 heavy (non-hydrogen) atoms. The second kappa shape index (κ2) is 8.14. The standard InChI is InChI=1S/C19H22N4O.ClH/c1-13-7-4-5-8-14(13)18-21-16-10-6-9-15(17(16)22-18)19(24)20-11-12-23(2)3;/h4-10H,11-12H2,1-3H3,(H,20,24)(H,21,22);1H. The number of nitrogens with one attached hydrogen (secondary N) is 2. The number of fused-ring (bicyclic) bond motifs is 1. The number of aromatic amines is 1. The van der Waals surface area contributed by atoms with Crippen LogP contribution in [0.2, 0.25) is 0 Å². The van der Waals surface area contributed by atoms with Gasteiger partial charge in [-0.2, -0.15) is 0 Å². The number of hydrogen-bond donors (Lipinski definition) is 2. The highest BCUT2D eigenvalue weighted by atomic mass is 35.5. The quantitative estimate of drug-likeness (QED) is 0.736. The molecular weight excluding hydrogens is 336 g/mol. The molecule has 2 N–H and O–H groups in total. The number of nitrogens with zero attached hydrogens (tertiary/aromatic N) is 2. The molecule has 5 nitrogen and oxygen atoms in total. The summed E-state index contributed by atoms with van der Waals surface area (Å²) in [4.78, 5) is 22.5. The first-order valence-corrected chi connectivity index (χ1v) is 8.04. The van der Waals surface area contributed by atoms with Crippen molar-refractivity contribution < 1.29 is 4.79 Å². The number of hydrogen-bond acceptors (Lipinski definition) is 3. The highest BCUT2D eigenvalue weighted by Gasteiger charge is 2.14. The van der Waals surface area contributed by atoms with Crippen LogP contribution >= 0.6 is 12.4 Å². The highest BCUT2D eigenvalue weighted by molar-refractivity contribution is 6.05. The van der Waals surface area contributed by atoms with E-state index in [9.17, 15) is 4.79 Å². The van der Waals surface area contributed by atoms with Crippen molar-refractivity contribution in [2.75, 3.05) is 27.2 Å². The summed E-state index contributed by atoms with van der Waals surface area (Å²) in [5, 5.41) is 2.95. The molecule has 0 fully saturated rings. The molecule has 0 aliphatic heterocycles. The zero-order valence-electron chi connectivity index (χ0n) is 14.7. The molecule has 0 spiro atoms. The first-order valence-electron chi connectivity index (χ1n) is 8.04. The van der Waals surface area contributed by atoms with E-state index in [1.807, 2.05) is 55.4 Å². The van der Waals surface area contributed by atoms with Crippen LogP contribution in [0.3, 0.4) is 0 Å². The molecule has 1 heterocycles. The van der Waals surface area contributed by atoms with E-state index < -0.39 is 0 Å². The molecule has 0 bridgehead atoms. The molecule has 3 rings (SSSR count). The fourth-order valence-electron chi connectivity index (χ4n) is 2.67. The van der Waals surface area contributed by atoms with Crippen LogP contribution in [0.4, 0.5) is 0 Å². The van der Waals surface area contributed by atoms with Crippen molar-refractivity contribution in [2.24, 2.45) is 0 Å². The predicted molar refractivity (Wildman–Crippen MR) is 104 cm³/mol. The average molecular weight is 359 g/mol. The monoisotopic (exact) mass is 358 g/mol. The van der Waals surface area contributed by atoms with Crippen molar-refractivity contribution in [1.82, 2.24) is 20.2 Å². The van der Waals surface area contributed by atoms with E-state index in [0.29, 0.717) is 17.6 Å². The number of carbonyl (C=O) groups is 1. The topological polar surface area (TPSA) is 61.0 Å². The Kier molecular flexibility index (Phi) is 6.17. The third-order valence-electron chi connectivity index (χ3n) is 4.00. The minimum atomic E-state index is -0.0923. The van der Waals surface area contributed by atoms with Crippen molar-refractivity contribution >= 4 is 29.3 Å². The number of aromatic nitrogens is 2. The SMILES string of the molecule is Cc1ccccc1-c1nc2c(C(=O)NCCN(C)C)cccc2[nH]1.Cl. The minimum Gasteiger partial charge on any atom is -0.351 e.